The number of carbonyl (C=O) groups excluding carboxylic acids is 1. The van der Waals surface area contributed by atoms with Gasteiger partial charge in [-0.1, -0.05) is 6.07 Å². The summed E-state index contributed by atoms with van der Waals surface area (Å²) >= 11 is 1.33. The molecule has 6 nitrogen and oxygen atoms in total. The number of carbonyl (C=O) groups is 1. The summed E-state index contributed by atoms with van der Waals surface area (Å²) < 4.78 is 42.1. The van der Waals surface area contributed by atoms with Gasteiger partial charge in [-0.3, -0.25) is 9.48 Å². The minimum atomic E-state index is -4.56. The first-order chi connectivity index (χ1) is 14.8. The monoisotopic (exact) mass is 449 g/mol. The molecule has 4 heterocycles. The van der Waals surface area contributed by atoms with Crippen LogP contribution in [0, 0.1) is 6.92 Å². The first-order valence-corrected chi connectivity index (χ1v) is 10.9. The van der Waals surface area contributed by atoms with E-state index in [-0.39, 0.29) is 29.8 Å². The number of thiophene rings is 1. The number of hydrogen-bond acceptors (Lipinski definition) is 5. The first-order valence-electron chi connectivity index (χ1n) is 10.1. The maximum Gasteiger partial charge on any atom is 0.433 e. The summed E-state index contributed by atoms with van der Waals surface area (Å²) in [5.74, 6) is -0.215. The fourth-order valence-corrected chi connectivity index (χ4v) is 4.40. The van der Waals surface area contributed by atoms with Crippen LogP contribution in [-0.4, -0.2) is 43.6 Å². The van der Waals surface area contributed by atoms with Gasteiger partial charge in [-0.05, 0) is 42.8 Å². The average molecular weight is 450 g/mol. The van der Waals surface area contributed by atoms with Crippen LogP contribution in [0.1, 0.15) is 42.3 Å². The SMILES string of the molecule is Cc1cnn(CCC(=O)N2CCC[C@H](c3nc(-c4cccs4)cc(C(F)(F)F)n3)C2)c1. The van der Waals surface area contributed by atoms with Crippen LogP contribution >= 0.6 is 11.3 Å². The normalized spacial score (nSPS) is 17.2. The molecular weight excluding hydrogens is 427 g/mol. The second kappa shape index (κ2) is 8.78. The highest BCUT2D eigenvalue weighted by atomic mass is 32.1. The third kappa shape index (κ3) is 5.12. The lowest BCUT2D eigenvalue weighted by molar-refractivity contribution is -0.141. The predicted octanol–water partition coefficient (Wildman–Crippen LogP) is 4.53. The Morgan fingerprint density at radius 2 is 2.16 bits per heavy atom. The third-order valence-electron chi connectivity index (χ3n) is 5.26. The van der Waals surface area contributed by atoms with Crippen molar-refractivity contribution in [2.45, 2.75) is 44.8 Å². The van der Waals surface area contributed by atoms with E-state index < -0.39 is 11.9 Å². The highest BCUT2D eigenvalue weighted by Gasteiger charge is 2.35. The Kier molecular flexibility index (Phi) is 6.08. The minimum absolute atomic E-state index is 0.0386. The minimum Gasteiger partial charge on any atom is -0.342 e. The van der Waals surface area contributed by atoms with Crippen LogP contribution in [0.3, 0.4) is 0 Å². The Morgan fingerprint density at radius 1 is 1.32 bits per heavy atom. The number of rotatable bonds is 5. The molecule has 1 fully saturated rings. The van der Waals surface area contributed by atoms with Crippen molar-refractivity contribution >= 4 is 17.2 Å². The number of amides is 1. The Labute approximate surface area is 181 Å². The van der Waals surface area contributed by atoms with E-state index in [1.54, 1.807) is 33.3 Å². The van der Waals surface area contributed by atoms with Gasteiger partial charge in [-0.25, -0.2) is 9.97 Å². The fraction of sp³-hybridized carbons (Fsp3) is 0.429. The Hall–Kier alpha value is -2.75. The van der Waals surface area contributed by atoms with Gasteiger partial charge in [0, 0.05) is 38.2 Å². The first kappa shape index (κ1) is 21.5. The van der Waals surface area contributed by atoms with Crippen molar-refractivity contribution in [3.05, 3.63) is 53.1 Å². The van der Waals surface area contributed by atoms with Gasteiger partial charge >= 0.3 is 6.18 Å². The molecule has 164 valence electrons. The van der Waals surface area contributed by atoms with Crippen molar-refractivity contribution in [2.24, 2.45) is 0 Å². The summed E-state index contributed by atoms with van der Waals surface area (Å²) in [5.41, 5.74) is 0.344. The van der Waals surface area contributed by atoms with E-state index in [0.717, 1.165) is 11.6 Å². The van der Waals surface area contributed by atoms with Gasteiger partial charge in [0.25, 0.3) is 0 Å². The molecule has 0 unspecified atom stereocenters. The standard InChI is InChI=1S/C21H22F3N5OS/c1-14-11-25-29(12-14)8-6-19(30)28-7-2-4-15(13-28)20-26-16(17-5-3-9-31-17)10-18(27-20)21(22,23)24/h3,5,9-12,15H,2,4,6-8,13H2,1H3/t15-/m0/s1. The number of likely N-dealkylation sites (tertiary alicyclic amines) is 1. The Bertz CT molecular complexity index is 1050. The van der Waals surface area contributed by atoms with Crippen molar-refractivity contribution in [2.75, 3.05) is 13.1 Å². The molecule has 3 aromatic rings. The molecule has 0 saturated carbocycles. The van der Waals surface area contributed by atoms with Crippen LogP contribution in [0.2, 0.25) is 0 Å². The maximum absolute atomic E-state index is 13.5. The second-order valence-corrected chi connectivity index (χ2v) is 8.63. The summed E-state index contributed by atoms with van der Waals surface area (Å²) in [7, 11) is 0. The van der Waals surface area contributed by atoms with Crippen LogP contribution < -0.4 is 0 Å². The van der Waals surface area contributed by atoms with Gasteiger partial charge in [0.05, 0.1) is 16.8 Å². The van der Waals surface area contributed by atoms with Gasteiger partial charge in [-0.2, -0.15) is 18.3 Å². The van der Waals surface area contributed by atoms with Gasteiger partial charge in [0.2, 0.25) is 5.91 Å². The molecule has 0 aromatic carbocycles. The molecule has 1 amide bonds. The van der Waals surface area contributed by atoms with E-state index in [9.17, 15) is 18.0 Å². The number of aryl methyl sites for hydroxylation is 2. The highest BCUT2D eigenvalue weighted by molar-refractivity contribution is 7.13. The van der Waals surface area contributed by atoms with Crippen LogP contribution in [0.4, 0.5) is 13.2 Å². The lowest BCUT2D eigenvalue weighted by atomic mass is 9.96. The Morgan fingerprint density at radius 3 is 2.84 bits per heavy atom. The van der Waals surface area contributed by atoms with Crippen molar-refractivity contribution in [3.8, 4) is 10.6 Å². The summed E-state index contributed by atoms with van der Waals surface area (Å²) in [4.78, 5) is 23.4. The number of hydrogen-bond donors (Lipinski definition) is 0. The highest BCUT2D eigenvalue weighted by Crippen LogP contribution is 2.34. The summed E-state index contributed by atoms with van der Waals surface area (Å²) in [6.45, 7) is 3.31. The van der Waals surface area contributed by atoms with E-state index in [2.05, 4.69) is 15.1 Å². The van der Waals surface area contributed by atoms with Crippen molar-refractivity contribution in [1.29, 1.82) is 0 Å². The molecule has 31 heavy (non-hydrogen) atoms. The number of piperidine rings is 1. The molecule has 0 N–H and O–H groups in total. The number of halogens is 3. The molecule has 1 atom stereocenters. The molecule has 1 saturated heterocycles. The zero-order valence-electron chi connectivity index (χ0n) is 17.0. The van der Waals surface area contributed by atoms with Crippen LogP contribution in [-0.2, 0) is 17.5 Å². The summed E-state index contributed by atoms with van der Waals surface area (Å²) in [6, 6.07) is 4.51. The molecule has 1 aliphatic rings. The second-order valence-electron chi connectivity index (χ2n) is 7.68. The van der Waals surface area contributed by atoms with Gasteiger partial charge < -0.3 is 4.90 Å². The van der Waals surface area contributed by atoms with E-state index in [0.29, 0.717) is 37.4 Å². The maximum atomic E-state index is 13.5. The summed E-state index contributed by atoms with van der Waals surface area (Å²) in [6.07, 6.45) is 0.679. The quantitative estimate of drug-likeness (QED) is 0.574. The zero-order valence-corrected chi connectivity index (χ0v) is 17.8. The fourth-order valence-electron chi connectivity index (χ4n) is 3.72. The molecule has 0 spiro atoms. The lowest BCUT2D eigenvalue weighted by Crippen LogP contribution is -2.40. The van der Waals surface area contributed by atoms with E-state index in [1.807, 2.05) is 13.1 Å². The van der Waals surface area contributed by atoms with Crippen LogP contribution in [0.15, 0.2) is 36.0 Å². The molecule has 3 aromatic heterocycles. The van der Waals surface area contributed by atoms with Gasteiger partial charge in [-0.15, -0.1) is 11.3 Å². The molecule has 10 heteroatoms. The topological polar surface area (TPSA) is 63.9 Å². The number of nitrogens with zero attached hydrogens (tertiary/aromatic N) is 5. The van der Waals surface area contributed by atoms with Gasteiger partial charge in [0.15, 0.2) is 0 Å². The van der Waals surface area contributed by atoms with Gasteiger partial charge in [0.1, 0.15) is 11.5 Å². The van der Waals surface area contributed by atoms with E-state index in [4.69, 9.17) is 0 Å². The number of aromatic nitrogens is 4. The smallest absolute Gasteiger partial charge is 0.342 e. The Balaban J connectivity index is 1.52. The molecule has 4 rings (SSSR count). The van der Waals surface area contributed by atoms with Crippen molar-refractivity contribution in [3.63, 3.8) is 0 Å². The van der Waals surface area contributed by atoms with Crippen molar-refractivity contribution in [1.82, 2.24) is 24.6 Å². The van der Waals surface area contributed by atoms with Crippen molar-refractivity contribution < 1.29 is 18.0 Å². The predicted molar refractivity (Wildman–Crippen MR) is 110 cm³/mol. The number of alkyl halides is 3. The molecule has 0 aliphatic carbocycles. The lowest BCUT2D eigenvalue weighted by Gasteiger charge is -2.32. The summed E-state index contributed by atoms with van der Waals surface area (Å²) in [5, 5.41) is 5.98. The van der Waals surface area contributed by atoms with E-state index in [1.165, 1.54) is 11.3 Å². The molecular formula is C21H22F3N5OS. The van der Waals surface area contributed by atoms with Crippen LogP contribution in [0.5, 0.6) is 0 Å². The zero-order chi connectivity index (χ0) is 22.0. The average Bonchev–Trinajstić information content (AvgIpc) is 3.43. The third-order valence-corrected chi connectivity index (χ3v) is 6.16. The molecule has 0 bridgehead atoms. The van der Waals surface area contributed by atoms with E-state index >= 15 is 0 Å². The largest absolute Gasteiger partial charge is 0.433 e. The van der Waals surface area contributed by atoms with Crippen LogP contribution in [0.25, 0.3) is 10.6 Å². The molecule has 1 aliphatic heterocycles. The molecule has 0 radical (unpaired) electrons.